The van der Waals surface area contributed by atoms with Crippen LogP contribution in [0.1, 0.15) is 67.0 Å². The zero-order valence-corrected chi connectivity index (χ0v) is 19.6. The van der Waals surface area contributed by atoms with Gasteiger partial charge in [0.25, 0.3) is 0 Å². The number of esters is 1. The molecule has 0 aliphatic heterocycles. The minimum atomic E-state index is -0.880. The van der Waals surface area contributed by atoms with E-state index < -0.39 is 5.60 Å². The molecule has 0 saturated heterocycles. The zero-order chi connectivity index (χ0) is 22.5. The second kappa shape index (κ2) is 10.2. The van der Waals surface area contributed by atoms with Gasteiger partial charge in [0, 0.05) is 11.0 Å². The molecule has 1 saturated carbocycles. The van der Waals surface area contributed by atoms with Gasteiger partial charge in [-0.1, -0.05) is 48.5 Å². The standard InChI is InChI=1S/C26H34O4S/c1-25(2,29)22-10-5-4-8-20(22)11-12-23(21-9-6-7-19(15-21)17-27)31-18-26(13-14-26)16-24(28)30-3/h4-10,15,23,27,29H,11-14,16-18H2,1-3H3/t23-/m1/s1. The SMILES string of the molecule is COC(=O)CC1(CS[C@H](CCc2ccccc2C(C)(C)O)c2cccc(CO)c2)CC1. The van der Waals surface area contributed by atoms with E-state index in [4.69, 9.17) is 4.74 Å². The van der Waals surface area contributed by atoms with E-state index in [1.54, 1.807) is 0 Å². The van der Waals surface area contributed by atoms with Crippen LogP contribution in [0.25, 0.3) is 0 Å². The van der Waals surface area contributed by atoms with E-state index in [2.05, 4.69) is 18.2 Å². The number of aryl methyl sites for hydroxylation is 1. The van der Waals surface area contributed by atoms with E-state index in [1.165, 1.54) is 12.7 Å². The summed E-state index contributed by atoms with van der Waals surface area (Å²) in [5.74, 6) is 0.791. The Morgan fingerprint density at radius 1 is 1.19 bits per heavy atom. The normalized spacial score (nSPS) is 16.0. The van der Waals surface area contributed by atoms with Crippen molar-refractivity contribution in [2.45, 2.75) is 63.4 Å². The van der Waals surface area contributed by atoms with Crippen molar-refractivity contribution in [3.05, 3.63) is 70.8 Å². The number of carbonyl (C=O) groups is 1. The maximum Gasteiger partial charge on any atom is 0.306 e. The van der Waals surface area contributed by atoms with E-state index in [0.29, 0.717) is 6.42 Å². The van der Waals surface area contributed by atoms with Gasteiger partial charge in [0.05, 0.1) is 25.7 Å². The molecule has 1 aliphatic carbocycles. The number of aliphatic hydroxyl groups excluding tert-OH is 1. The van der Waals surface area contributed by atoms with Gasteiger partial charge in [-0.05, 0) is 67.2 Å². The summed E-state index contributed by atoms with van der Waals surface area (Å²) in [6.07, 6.45) is 4.40. The Balaban J connectivity index is 1.76. The molecule has 2 aromatic carbocycles. The molecule has 168 valence electrons. The maximum absolute atomic E-state index is 11.8. The smallest absolute Gasteiger partial charge is 0.306 e. The van der Waals surface area contributed by atoms with Crippen LogP contribution >= 0.6 is 11.8 Å². The van der Waals surface area contributed by atoms with Crippen molar-refractivity contribution in [2.24, 2.45) is 5.41 Å². The summed E-state index contributed by atoms with van der Waals surface area (Å²) in [5, 5.41) is 20.4. The van der Waals surface area contributed by atoms with E-state index >= 15 is 0 Å². The lowest BCUT2D eigenvalue weighted by molar-refractivity contribution is -0.141. The van der Waals surface area contributed by atoms with Crippen molar-refractivity contribution in [3.8, 4) is 0 Å². The van der Waals surface area contributed by atoms with Gasteiger partial charge in [0.15, 0.2) is 0 Å². The molecule has 5 heteroatoms. The number of methoxy groups -OCH3 is 1. The number of rotatable bonds is 11. The summed E-state index contributed by atoms with van der Waals surface area (Å²) in [7, 11) is 1.45. The van der Waals surface area contributed by atoms with Crippen LogP contribution in [-0.2, 0) is 28.2 Å². The molecular formula is C26H34O4S. The highest BCUT2D eigenvalue weighted by molar-refractivity contribution is 7.99. The number of thioether (sulfide) groups is 1. The summed E-state index contributed by atoms with van der Waals surface area (Å²) in [6.45, 7) is 3.68. The van der Waals surface area contributed by atoms with Gasteiger partial charge in [-0.15, -0.1) is 0 Å². The molecule has 2 N–H and O–H groups in total. The number of hydrogen-bond acceptors (Lipinski definition) is 5. The highest BCUT2D eigenvalue weighted by Crippen LogP contribution is 2.53. The second-order valence-corrected chi connectivity index (χ2v) is 10.4. The van der Waals surface area contributed by atoms with Gasteiger partial charge in [-0.25, -0.2) is 0 Å². The molecule has 0 spiro atoms. The Bertz CT molecular complexity index is 883. The summed E-state index contributed by atoms with van der Waals surface area (Å²) in [5.41, 5.74) is 3.42. The number of aliphatic hydroxyl groups is 2. The van der Waals surface area contributed by atoms with Crippen LogP contribution in [-0.4, -0.2) is 29.0 Å². The summed E-state index contributed by atoms with van der Waals surface area (Å²) >= 11 is 1.90. The average molecular weight is 443 g/mol. The monoisotopic (exact) mass is 442 g/mol. The average Bonchev–Trinajstić information content (AvgIpc) is 3.52. The first-order valence-corrected chi connectivity index (χ1v) is 12.0. The molecule has 2 aromatic rings. The zero-order valence-electron chi connectivity index (χ0n) is 18.8. The molecule has 1 atom stereocenters. The molecule has 0 radical (unpaired) electrons. The van der Waals surface area contributed by atoms with Crippen LogP contribution in [0.4, 0.5) is 0 Å². The van der Waals surface area contributed by atoms with Crippen LogP contribution in [0.15, 0.2) is 48.5 Å². The lowest BCUT2D eigenvalue weighted by atomic mass is 9.90. The van der Waals surface area contributed by atoms with Gasteiger partial charge in [0.2, 0.25) is 0 Å². The first-order chi connectivity index (χ1) is 14.8. The van der Waals surface area contributed by atoms with E-state index in [-0.39, 0.29) is 23.2 Å². The minimum Gasteiger partial charge on any atom is -0.469 e. The molecule has 1 aliphatic rings. The Morgan fingerprint density at radius 2 is 1.94 bits per heavy atom. The van der Waals surface area contributed by atoms with Crippen LogP contribution < -0.4 is 0 Å². The van der Waals surface area contributed by atoms with Crippen molar-refractivity contribution < 1.29 is 19.7 Å². The third kappa shape index (κ3) is 6.58. The lowest BCUT2D eigenvalue weighted by Crippen LogP contribution is -2.18. The van der Waals surface area contributed by atoms with Crippen LogP contribution in [0.5, 0.6) is 0 Å². The predicted molar refractivity (Wildman–Crippen MR) is 126 cm³/mol. The number of benzene rings is 2. The molecule has 1 fully saturated rings. The van der Waals surface area contributed by atoms with Crippen molar-refractivity contribution >= 4 is 17.7 Å². The summed E-state index contributed by atoms with van der Waals surface area (Å²) < 4.78 is 4.90. The number of ether oxygens (including phenoxy) is 1. The largest absolute Gasteiger partial charge is 0.469 e. The van der Waals surface area contributed by atoms with Gasteiger partial charge in [-0.2, -0.15) is 11.8 Å². The quantitative estimate of drug-likeness (QED) is 0.471. The Kier molecular flexibility index (Phi) is 7.84. The van der Waals surface area contributed by atoms with Gasteiger partial charge < -0.3 is 14.9 Å². The molecule has 31 heavy (non-hydrogen) atoms. The van der Waals surface area contributed by atoms with Crippen LogP contribution in [0, 0.1) is 5.41 Å². The molecule has 0 heterocycles. The number of carbonyl (C=O) groups excluding carboxylic acids is 1. The Morgan fingerprint density at radius 3 is 2.58 bits per heavy atom. The molecular weight excluding hydrogens is 408 g/mol. The predicted octanol–water partition coefficient (Wildman–Crippen LogP) is 5.16. The van der Waals surface area contributed by atoms with E-state index in [0.717, 1.165) is 48.1 Å². The highest BCUT2D eigenvalue weighted by Gasteiger charge is 2.45. The topological polar surface area (TPSA) is 66.8 Å². The summed E-state index contributed by atoms with van der Waals surface area (Å²) in [4.78, 5) is 11.8. The molecule has 0 aromatic heterocycles. The fraction of sp³-hybridized carbons (Fsp3) is 0.500. The van der Waals surface area contributed by atoms with Crippen molar-refractivity contribution in [3.63, 3.8) is 0 Å². The van der Waals surface area contributed by atoms with E-state index in [1.807, 2.05) is 55.9 Å². The summed E-state index contributed by atoms with van der Waals surface area (Å²) in [6, 6.07) is 16.2. The third-order valence-electron chi connectivity index (χ3n) is 6.15. The van der Waals surface area contributed by atoms with Gasteiger partial charge in [-0.3, -0.25) is 4.79 Å². The molecule has 4 nitrogen and oxygen atoms in total. The Hall–Kier alpha value is -1.82. The minimum absolute atomic E-state index is 0.0268. The third-order valence-corrected chi connectivity index (χ3v) is 7.84. The van der Waals surface area contributed by atoms with Gasteiger partial charge >= 0.3 is 5.97 Å². The van der Waals surface area contributed by atoms with Crippen molar-refractivity contribution in [1.82, 2.24) is 0 Å². The fourth-order valence-electron chi connectivity index (χ4n) is 4.06. The van der Waals surface area contributed by atoms with Crippen LogP contribution in [0.3, 0.4) is 0 Å². The molecule has 0 amide bonds. The molecule has 0 bridgehead atoms. The van der Waals surface area contributed by atoms with Crippen LogP contribution in [0.2, 0.25) is 0 Å². The first kappa shape index (κ1) is 23.8. The van der Waals surface area contributed by atoms with E-state index in [9.17, 15) is 15.0 Å². The van der Waals surface area contributed by atoms with Crippen molar-refractivity contribution in [1.29, 1.82) is 0 Å². The Labute approximate surface area is 190 Å². The lowest BCUT2D eigenvalue weighted by Gasteiger charge is -2.24. The second-order valence-electron chi connectivity index (χ2n) is 9.21. The molecule has 0 unspecified atom stereocenters. The maximum atomic E-state index is 11.8. The number of hydrogen-bond donors (Lipinski definition) is 2. The molecule has 3 rings (SSSR count). The highest BCUT2D eigenvalue weighted by atomic mass is 32.2. The van der Waals surface area contributed by atoms with Crippen molar-refractivity contribution in [2.75, 3.05) is 12.9 Å². The fourth-order valence-corrected chi connectivity index (χ4v) is 5.63. The first-order valence-electron chi connectivity index (χ1n) is 11.0. The van der Waals surface area contributed by atoms with Gasteiger partial charge in [0.1, 0.15) is 0 Å².